The van der Waals surface area contributed by atoms with Crippen molar-refractivity contribution < 1.29 is 4.39 Å². The van der Waals surface area contributed by atoms with Crippen LogP contribution in [0.2, 0.25) is 0 Å². The molecule has 0 aromatic heterocycles. The van der Waals surface area contributed by atoms with Gasteiger partial charge in [0.2, 0.25) is 0 Å². The van der Waals surface area contributed by atoms with E-state index in [4.69, 9.17) is 0 Å². The second-order valence-electron chi connectivity index (χ2n) is 3.55. The molecule has 0 radical (unpaired) electrons. The maximum atomic E-state index is 13.2. The Kier molecular flexibility index (Phi) is 3.94. The summed E-state index contributed by atoms with van der Waals surface area (Å²) >= 11 is 0. The molecule has 72 valence electrons. The van der Waals surface area contributed by atoms with Crippen molar-refractivity contribution in [1.29, 1.82) is 0 Å². The molecule has 1 aromatic carbocycles. The molecule has 0 unspecified atom stereocenters. The first kappa shape index (κ1) is 10.2. The van der Waals surface area contributed by atoms with E-state index in [0.29, 0.717) is 0 Å². The molecule has 0 saturated carbocycles. The number of unbranched alkanes of at least 4 members (excludes halogenated alkanes) is 2. The highest BCUT2D eigenvalue weighted by atomic mass is 19.1. The summed E-state index contributed by atoms with van der Waals surface area (Å²) in [5.74, 6) is -0.0540. The van der Waals surface area contributed by atoms with Crippen molar-refractivity contribution in [2.24, 2.45) is 0 Å². The van der Waals surface area contributed by atoms with Crippen molar-refractivity contribution in [3.8, 4) is 0 Å². The molecule has 0 bridgehead atoms. The molecule has 0 nitrogen and oxygen atoms in total. The van der Waals surface area contributed by atoms with Crippen molar-refractivity contribution in [1.82, 2.24) is 0 Å². The van der Waals surface area contributed by atoms with E-state index in [1.54, 1.807) is 6.07 Å². The molecule has 0 fully saturated rings. The molecule has 0 saturated heterocycles. The molecule has 13 heavy (non-hydrogen) atoms. The van der Waals surface area contributed by atoms with Gasteiger partial charge in [-0.15, -0.1) is 0 Å². The first-order valence-corrected chi connectivity index (χ1v) is 4.99. The third-order valence-corrected chi connectivity index (χ3v) is 2.25. The predicted octanol–water partition coefficient (Wildman–Crippen LogP) is 3.87. The van der Waals surface area contributed by atoms with Crippen LogP contribution in [0.15, 0.2) is 18.2 Å². The van der Waals surface area contributed by atoms with Gasteiger partial charge in [0.15, 0.2) is 0 Å². The summed E-state index contributed by atoms with van der Waals surface area (Å²) in [6.07, 6.45) is 4.35. The summed E-state index contributed by atoms with van der Waals surface area (Å²) in [6.45, 7) is 4.16. The Bertz CT molecular complexity index is 266. The van der Waals surface area contributed by atoms with Crippen LogP contribution in [0.1, 0.15) is 37.3 Å². The van der Waals surface area contributed by atoms with E-state index >= 15 is 0 Å². The molecular weight excluding hydrogens is 163 g/mol. The quantitative estimate of drug-likeness (QED) is 0.617. The molecule has 1 heteroatoms. The lowest BCUT2D eigenvalue weighted by Crippen LogP contribution is -1.91. The van der Waals surface area contributed by atoms with Crippen molar-refractivity contribution in [3.63, 3.8) is 0 Å². The predicted molar refractivity (Wildman–Crippen MR) is 54.4 cm³/mol. The number of hydrogen-bond donors (Lipinski definition) is 0. The lowest BCUT2D eigenvalue weighted by atomic mass is 10.0. The van der Waals surface area contributed by atoms with Crippen LogP contribution in [-0.4, -0.2) is 0 Å². The Morgan fingerprint density at radius 3 is 2.69 bits per heavy atom. The Hall–Kier alpha value is -0.850. The molecule has 1 rings (SSSR count). The first-order valence-electron chi connectivity index (χ1n) is 4.99. The van der Waals surface area contributed by atoms with Gasteiger partial charge in [0.25, 0.3) is 0 Å². The zero-order valence-corrected chi connectivity index (χ0v) is 8.44. The summed E-state index contributed by atoms with van der Waals surface area (Å²) in [5.41, 5.74) is 2.02. The summed E-state index contributed by atoms with van der Waals surface area (Å²) in [5, 5.41) is 0. The number of aryl methyl sites for hydroxylation is 2. The van der Waals surface area contributed by atoms with Crippen molar-refractivity contribution in [2.45, 2.75) is 39.5 Å². The SMILES string of the molecule is CCCCCc1cc(C)ccc1F. The topological polar surface area (TPSA) is 0 Å². The zero-order valence-electron chi connectivity index (χ0n) is 8.44. The van der Waals surface area contributed by atoms with Crippen molar-refractivity contribution in [3.05, 3.63) is 35.1 Å². The van der Waals surface area contributed by atoms with Crippen LogP contribution >= 0.6 is 0 Å². The van der Waals surface area contributed by atoms with E-state index in [-0.39, 0.29) is 5.82 Å². The van der Waals surface area contributed by atoms with E-state index in [1.165, 1.54) is 12.8 Å². The minimum Gasteiger partial charge on any atom is -0.207 e. The Labute approximate surface area is 79.8 Å². The summed E-state index contributed by atoms with van der Waals surface area (Å²) in [7, 11) is 0. The number of halogens is 1. The van der Waals surface area contributed by atoms with E-state index < -0.39 is 0 Å². The fourth-order valence-electron chi connectivity index (χ4n) is 1.46. The van der Waals surface area contributed by atoms with Crippen LogP contribution < -0.4 is 0 Å². The molecule has 0 aliphatic rings. The number of rotatable bonds is 4. The van der Waals surface area contributed by atoms with Gasteiger partial charge < -0.3 is 0 Å². The van der Waals surface area contributed by atoms with Crippen molar-refractivity contribution in [2.75, 3.05) is 0 Å². The van der Waals surface area contributed by atoms with E-state index in [1.807, 2.05) is 19.1 Å². The van der Waals surface area contributed by atoms with E-state index in [2.05, 4.69) is 6.92 Å². The van der Waals surface area contributed by atoms with Gasteiger partial charge in [-0.1, -0.05) is 37.5 Å². The third-order valence-electron chi connectivity index (χ3n) is 2.25. The van der Waals surface area contributed by atoms with Crippen LogP contribution in [0.3, 0.4) is 0 Å². The van der Waals surface area contributed by atoms with Crippen LogP contribution in [0.4, 0.5) is 4.39 Å². The van der Waals surface area contributed by atoms with Gasteiger partial charge in [-0.3, -0.25) is 0 Å². The average Bonchev–Trinajstić information content (AvgIpc) is 2.11. The smallest absolute Gasteiger partial charge is 0.126 e. The van der Waals surface area contributed by atoms with E-state index in [9.17, 15) is 4.39 Å². The largest absolute Gasteiger partial charge is 0.207 e. The van der Waals surface area contributed by atoms with Crippen LogP contribution in [0.25, 0.3) is 0 Å². The van der Waals surface area contributed by atoms with Gasteiger partial charge in [0.1, 0.15) is 5.82 Å². The molecule has 1 aromatic rings. The molecule has 0 amide bonds. The monoisotopic (exact) mass is 180 g/mol. The molecular formula is C12H17F. The van der Waals surface area contributed by atoms with Gasteiger partial charge in [0, 0.05) is 0 Å². The molecule has 0 aliphatic carbocycles. The summed E-state index contributed by atoms with van der Waals surface area (Å²) in [6, 6.07) is 5.33. The Morgan fingerprint density at radius 1 is 1.23 bits per heavy atom. The lowest BCUT2D eigenvalue weighted by Gasteiger charge is -2.03. The molecule has 0 atom stereocenters. The highest BCUT2D eigenvalue weighted by Crippen LogP contribution is 2.13. The fraction of sp³-hybridized carbons (Fsp3) is 0.500. The van der Waals surface area contributed by atoms with Gasteiger partial charge >= 0.3 is 0 Å². The molecule has 0 N–H and O–H groups in total. The van der Waals surface area contributed by atoms with Gasteiger partial charge in [-0.2, -0.15) is 0 Å². The first-order chi connectivity index (χ1) is 6.24. The fourth-order valence-corrected chi connectivity index (χ4v) is 1.46. The lowest BCUT2D eigenvalue weighted by molar-refractivity contribution is 0.598. The van der Waals surface area contributed by atoms with E-state index in [0.717, 1.165) is 24.0 Å². The van der Waals surface area contributed by atoms with Gasteiger partial charge in [0.05, 0.1) is 0 Å². The molecule has 0 heterocycles. The van der Waals surface area contributed by atoms with Crippen LogP contribution in [-0.2, 0) is 6.42 Å². The van der Waals surface area contributed by atoms with Crippen molar-refractivity contribution >= 4 is 0 Å². The maximum Gasteiger partial charge on any atom is 0.126 e. The molecule has 0 aliphatic heterocycles. The van der Waals surface area contributed by atoms with Crippen LogP contribution in [0.5, 0.6) is 0 Å². The zero-order chi connectivity index (χ0) is 9.68. The third kappa shape index (κ3) is 3.17. The minimum atomic E-state index is -0.0540. The Morgan fingerprint density at radius 2 is 2.00 bits per heavy atom. The number of benzene rings is 1. The highest BCUT2D eigenvalue weighted by molar-refractivity contribution is 5.24. The van der Waals surface area contributed by atoms with Gasteiger partial charge in [-0.05, 0) is 31.4 Å². The number of hydrogen-bond acceptors (Lipinski definition) is 0. The average molecular weight is 180 g/mol. The van der Waals surface area contributed by atoms with Crippen LogP contribution in [0, 0.1) is 12.7 Å². The Balaban J connectivity index is 2.59. The normalized spacial score (nSPS) is 10.4. The summed E-state index contributed by atoms with van der Waals surface area (Å²) < 4.78 is 13.2. The van der Waals surface area contributed by atoms with Gasteiger partial charge in [-0.25, -0.2) is 4.39 Å². The second kappa shape index (κ2) is 5.00. The second-order valence-corrected chi connectivity index (χ2v) is 3.55. The highest BCUT2D eigenvalue weighted by Gasteiger charge is 2.00. The maximum absolute atomic E-state index is 13.2. The standard InChI is InChI=1S/C12H17F/c1-3-4-5-6-11-9-10(2)7-8-12(11)13/h7-9H,3-6H2,1-2H3. The minimum absolute atomic E-state index is 0.0540. The molecule has 0 spiro atoms. The summed E-state index contributed by atoms with van der Waals surface area (Å²) in [4.78, 5) is 0.